The number of anilines is 3. The molecule has 2 aromatic heterocycles. The van der Waals surface area contributed by atoms with E-state index < -0.39 is 0 Å². The number of nitrogens with one attached hydrogen (secondary N) is 2. The van der Waals surface area contributed by atoms with Crippen LogP contribution < -0.4 is 20.7 Å². The lowest BCUT2D eigenvalue weighted by molar-refractivity contribution is 0.202. The van der Waals surface area contributed by atoms with Crippen molar-refractivity contribution in [2.75, 3.05) is 54.9 Å². The second kappa shape index (κ2) is 9.19. The monoisotopic (exact) mass is 412 g/mol. The van der Waals surface area contributed by atoms with Crippen molar-refractivity contribution < 1.29 is 4.79 Å². The maximum absolute atomic E-state index is 13.1. The fraction of sp³-hybridized carbons (Fsp3) is 0.500. The molecular formula is C22H32N6O2. The molecule has 1 saturated heterocycles. The number of rotatable bonds is 5. The molecule has 0 aliphatic carbocycles. The molecule has 1 aliphatic rings. The van der Waals surface area contributed by atoms with Crippen molar-refractivity contribution in [2.24, 2.45) is 0 Å². The van der Waals surface area contributed by atoms with Gasteiger partial charge in [-0.25, -0.2) is 9.78 Å². The van der Waals surface area contributed by atoms with E-state index in [1.54, 1.807) is 18.1 Å². The van der Waals surface area contributed by atoms with Gasteiger partial charge < -0.3 is 20.1 Å². The van der Waals surface area contributed by atoms with Crippen LogP contribution >= 0.6 is 0 Å². The van der Waals surface area contributed by atoms with E-state index in [4.69, 9.17) is 0 Å². The van der Waals surface area contributed by atoms with Gasteiger partial charge in [0.15, 0.2) is 5.82 Å². The number of carbonyl (C=O) groups excluding carboxylic acids is 1. The first-order valence-corrected chi connectivity index (χ1v) is 10.5. The lowest BCUT2D eigenvalue weighted by Crippen LogP contribution is -2.53. The van der Waals surface area contributed by atoms with Gasteiger partial charge >= 0.3 is 6.03 Å². The maximum atomic E-state index is 13.1. The molecule has 8 heteroatoms. The third-order valence-corrected chi connectivity index (χ3v) is 5.53. The van der Waals surface area contributed by atoms with E-state index in [1.807, 2.05) is 25.1 Å². The summed E-state index contributed by atoms with van der Waals surface area (Å²) in [4.78, 5) is 38.4. The van der Waals surface area contributed by atoms with E-state index >= 15 is 0 Å². The molecule has 1 aliphatic heterocycles. The van der Waals surface area contributed by atoms with Gasteiger partial charge in [0.1, 0.15) is 5.69 Å². The number of amides is 2. The van der Waals surface area contributed by atoms with E-state index in [2.05, 4.69) is 41.0 Å². The molecule has 0 saturated carbocycles. The maximum Gasteiger partial charge on any atom is 0.324 e. The van der Waals surface area contributed by atoms with Crippen molar-refractivity contribution in [1.29, 1.82) is 0 Å². The third kappa shape index (κ3) is 4.42. The number of nitrogens with zero attached hydrogens (tertiary/aromatic N) is 4. The number of pyridine rings is 2. The Hall–Kier alpha value is -3.03. The molecule has 3 rings (SSSR count). The summed E-state index contributed by atoms with van der Waals surface area (Å²) in [5.41, 5.74) is 3.04. The van der Waals surface area contributed by atoms with Crippen molar-refractivity contribution in [3.63, 3.8) is 0 Å². The van der Waals surface area contributed by atoms with Crippen molar-refractivity contribution in [2.45, 2.75) is 33.6 Å². The second-order valence-corrected chi connectivity index (χ2v) is 7.94. The second-order valence-electron chi connectivity index (χ2n) is 7.94. The number of piperazine rings is 1. The van der Waals surface area contributed by atoms with Gasteiger partial charge in [-0.2, -0.15) is 0 Å². The van der Waals surface area contributed by atoms with Gasteiger partial charge in [0.2, 0.25) is 0 Å². The SMILES string of the molecule is CCNc1cccnc1N1CCN(C(=O)N(C)c2cc(C(C)C)c(C)[nH]c2=O)CC1. The van der Waals surface area contributed by atoms with Crippen molar-refractivity contribution in [1.82, 2.24) is 14.9 Å². The summed E-state index contributed by atoms with van der Waals surface area (Å²) in [5, 5.41) is 3.34. The molecular weight excluding hydrogens is 380 g/mol. The van der Waals surface area contributed by atoms with Crippen LogP contribution in [0.2, 0.25) is 0 Å². The largest absolute Gasteiger partial charge is 0.382 e. The van der Waals surface area contributed by atoms with Crippen LogP contribution in [0.4, 0.5) is 22.0 Å². The zero-order valence-electron chi connectivity index (χ0n) is 18.5. The average Bonchev–Trinajstić information content (AvgIpc) is 2.73. The summed E-state index contributed by atoms with van der Waals surface area (Å²) in [6.07, 6.45) is 1.79. The summed E-state index contributed by atoms with van der Waals surface area (Å²) in [6, 6.07) is 5.61. The molecule has 3 heterocycles. The van der Waals surface area contributed by atoms with E-state index in [9.17, 15) is 9.59 Å². The molecule has 2 aromatic rings. The highest BCUT2D eigenvalue weighted by Gasteiger charge is 2.27. The minimum absolute atomic E-state index is 0.161. The van der Waals surface area contributed by atoms with E-state index in [-0.39, 0.29) is 17.5 Å². The van der Waals surface area contributed by atoms with Gasteiger partial charge in [-0.3, -0.25) is 9.69 Å². The number of urea groups is 1. The van der Waals surface area contributed by atoms with Crippen LogP contribution in [0.5, 0.6) is 0 Å². The van der Waals surface area contributed by atoms with E-state index in [0.29, 0.717) is 31.9 Å². The molecule has 0 unspecified atom stereocenters. The zero-order valence-corrected chi connectivity index (χ0v) is 18.5. The quantitative estimate of drug-likeness (QED) is 0.789. The Morgan fingerprint density at radius 1 is 1.30 bits per heavy atom. The number of carbonyl (C=O) groups is 1. The topological polar surface area (TPSA) is 84.6 Å². The predicted octanol–water partition coefficient (Wildman–Crippen LogP) is 3.01. The van der Waals surface area contributed by atoms with Gasteiger partial charge in [0.25, 0.3) is 5.56 Å². The van der Waals surface area contributed by atoms with E-state index in [0.717, 1.165) is 29.3 Å². The van der Waals surface area contributed by atoms with Gasteiger partial charge in [-0.15, -0.1) is 0 Å². The molecule has 0 aromatic carbocycles. The fourth-order valence-electron chi connectivity index (χ4n) is 3.88. The molecule has 1 fully saturated rings. The first kappa shape index (κ1) is 21.7. The first-order chi connectivity index (χ1) is 14.3. The Morgan fingerprint density at radius 3 is 2.63 bits per heavy atom. The van der Waals surface area contributed by atoms with Crippen LogP contribution in [-0.2, 0) is 0 Å². The number of hydrogen-bond donors (Lipinski definition) is 2. The molecule has 8 nitrogen and oxygen atoms in total. The normalized spacial score (nSPS) is 14.2. The van der Waals surface area contributed by atoms with Gasteiger partial charge in [-0.05, 0) is 43.5 Å². The lowest BCUT2D eigenvalue weighted by atomic mass is 10.0. The Kier molecular flexibility index (Phi) is 6.64. The van der Waals surface area contributed by atoms with Crippen LogP contribution in [-0.4, -0.2) is 60.7 Å². The van der Waals surface area contributed by atoms with Crippen molar-refractivity contribution in [3.05, 3.63) is 46.0 Å². The molecule has 2 amide bonds. The van der Waals surface area contributed by atoms with Gasteiger partial charge in [-0.1, -0.05) is 13.8 Å². The van der Waals surface area contributed by atoms with Gasteiger partial charge in [0, 0.05) is 51.7 Å². The first-order valence-electron chi connectivity index (χ1n) is 10.5. The third-order valence-electron chi connectivity index (χ3n) is 5.53. The average molecular weight is 413 g/mol. The number of hydrogen-bond acceptors (Lipinski definition) is 5. The number of aryl methyl sites for hydroxylation is 1. The lowest BCUT2D eigenvalue weighted by Gasteiger charge is -2.37. The smallest absolute Gasteiger partial charge is 0.324 e. The molecule has 0 spiro atoms. The zero-order chi connectivity index (χ0) is 21.8. The number of H-pyrrole nitrogens is 1. The molecule has 2 N–H and O–H groups in total. The summed E-state index contributed by atoms with van der Waals surface area (Å²) in [7, 11) is 1.67. The summed E-state index contributed by atoms with van der Waals surface area (Å²) >= 11 is 0. The van der Waals surface area contributed by atoms with Crippen LogP contribution in [0.1, 0.15) is 37.9 Å². The predicted molar refractivity (Wildman–Crippen MR) is 122 cm³/mol. The molecule has 162 valence electrons. The molecule has 30 heavy (non-hydrogen) atoms. The minimum atomic E-state index is -0.241. The fourth-order valence-corrected chi connectivity index (χ4v) is 3.88. The Labute approximate surface area is 177 Å². The van der Waals surface area contributed by atoms with E-state index in [1.165, 1.54) is 4.90 Å². The van der Waals surface area contributed by atoms with Crippen LogP contribution in [0.3, 0.4) is 0 Å². The summed E-state index contributed by atoms with van der Waals surface area (Å²) < 4.78 is 0. The Balaban J connectivity index is 1.71. The Bertz CT molecular complexity index is 947. The highest BCUT2D eigenvalue weighted by atomic mass is 16.2. The minimum Gasteiger partial charge on any atom is -0.382 e. The van der Waals surface area contributed by atoms with Gasteiger partial charge in [0.05, 0.1) is 5.69 Å². The summed E-state index contributed by atoms with van der Waals surface area (Å²) in [5.74, 6) is 1.17. The molecule has 0 bridgehead atoms. The van der Waals surface area contributed by atoms with Crippen LogP contribution in [0, 0.1) is 6.92 Å². The Morgan fingerprint density at radius 2 is 2.00 bits per heavy atom. The highest BCUT2D eigenvalue weighted by Crippen LogP contribution is 2.25. The standard InChI is InChI=1S/C22H32N6O2/c1-6-23-18-8-7-9-24-20(18)27-10-12-28(13-11-27)22(30)26(5)19-14-17(15(2)3)16(4)25-21(19)29/h7-9,14-15,23H,6,10-13H2,1-5H3,(H,25,29). The molecule has 0 radical (unpaired) electrons. The van der Waals surface area contributed by atoms with Crippen LogP contribution in [0.15, 0.2) is 29.2 Å². The highest BCUT2D eigenvalue weighted by molar-refractivity contribution is 5.91. The summed E-state index contributed by atoms with van der Waals surface area (Å²) in [6.45, 7) is 11.5. The van der Waals surface area contributed by atoms with Crippen molar-refractivity contribution >= 4 is 23.2 Å². The molecule has 0 atom stereocenters. The number of aromatic nitrogens is 2. The van der Waals surface area contributed by atoms with Crippen LogP contribution in [0.25, 0.3) is 0 Å². The number of aromatic amines is 1. The van der Waals surface area contributed by atoms with Crippen molar-refractivity contribution in [3.8, 4) is 0 Å².